The van der Waals surface area contributed by atoms with Crippen molar-refractivity contribution in [2.45, 2.75) is 63.2 Å². The van der Waals surface area contributed by atoms with Crippen LogP contribution in [0.5, 0.6) is 0 Å². The number of ether oxygens (including phenoxy) is 1. The van der Waals surface area contributed by atoms with Crippen LogP contribution in [-0.2, 0) is 14.9 Å². The van der Waals surface area contributed by atoms with E-state index in [2.05, 4.69) is 13.8 Å². The molecule has 0 saturated carbocycles. The van der Waals surface area contributed by atoms with Gasteiger partial charge in [0, 0.05) is 6.04 Å². The molecule has 1 heterocycles. The molecule has 21 heavy (non-hydrogen) atoms. The summed E-state index contributed by atoms with van der Waals surface area (Å²) in [5.74, 6) is 0. The van der Waals surface area contributed by atoms with Crippen LogP contribution in [0, 0.1) is 6.92 Å². The maximum atomic E-state index is 10.5. The highest BCUT2D eigenvalue weighted by molar-refractivity contribution is 7.85. The SMILES string of the molecule is CC[C@@H](N)C1CCC(C)O1.Cc1ccc(S(=O)(=O)O)cc1. The smallest absolute Gasteiger partial charge is 0.294 e. The quantitative estimate of drug-likeness (QED) is 0.837. The van der Waals surface area contributed by atoms with Gasteiger partial charge in [-0.05, 0) is 45.2 Å². The van der Waals surface area contributed by atoms with Gasteiger partial charge >= 0.3 is 0 Å². The minimum atomic E-state index is -4.02. The van der Waals surface area contributed by atoms with Crippen molar-refractivity contribution in [2.24, 2.45) is 5.73 Å². The maximum absolute atomic E-state index is 10.5. The average molecular weight is 315 g/mol. The predicted molar refractivity (Wildman–Crippen MR) is 82.8 cm³/mol. The summed E-state index contributed by atoms with van der Waals surface area (Å²) in [6.45, 7) is 6.06. The van der Waals surface area contributed by atoms with Gasteiger partial charge < -0.3 is 10.5 Å². The van der Waals surface area contributed by atoms with E-state index in [1.165, 1.54) is 18.6 Å². The molecular formula is C15H25NO4S. The van der Waals surface area contributed by atoms with Gasteiger partial charge in [-0.25, -0.2) is 0 Å². The van der Waals surface area contributed by atoms with E-state index >= 15 is 0 Å². The predicted octanol–water partition coefficient (Wildman–Crippen LogP) is 2.53. The Morgan fingerprint density at radius 3 is 2.29 bits per heavy atom. The second-order valence-corrected chi connectivity index (χ2v) is 6.84. The monoisotopic (exact) mass is 315 g/mol. The van der Waals surface area contributed by atoms with Gasteiger partial charge in [-0.15, -0.1) is 0 Å². The Morgan fingerprint density at radius 1 is 1.33 bits per heavy atom. The van der Waals surface area contributed by atoms with E-state index in [1.807, 2.05) is 6.92 Å². The molecule has 0 aliphatic carbocycles. The lowest BCUT2D eigenvalue weighted by Crippen LogP contribution is -2.33. The largest absolute Gasteiger partial charge is 0.374 e. The first-order valence-electron chi connectivity index (χ1n) is 7.19. The molecule has 1 aliphatic rings. The van der Waals surface area contributed by atoms with Crippen LogP contribution in [0.15, 0.2) is 29.2 Å². The zero-order valence-corrected chi connectivity index (χ0v) is 13.6. The number of benzene rings is 1. The molecule has 0 radical (unpaired) electrons. The van der Waals surface area contributed by atoms with Gasteiger partial charge in [-0.1, -0.05) is 24.6 Å². The fraction of sp³-hybridized carbons (Fsp3) is 0.600. The summed E-state index contributed by atoms with van der Waals surface area (Å²) < 4.78 is 35.1. The van der Waals surface area contributed by atoms with Gasteiger partial charge in [0.15, 0.2) is 0 Å². The molecular weight excluding hydrogens is 290 g/mol. The lowest BCUT2D eigenvalue weighted by molar-refractivity contribution is 0.0397. The van der Waals surface area contributed by atoms with Crippen molar-refractivity contribution in [3.8, 4) is 0 Å². The lowest BCUT2D eigenvalue weighted by Gasteiger charge is -2.17. The molecule has 6 heteroatoms. The molecule has 1 aromatic rings. The first kappa shape index (κ1) is 18.1. The molecule has 0 spiro atoms. The van der Waals surface area contributed by atoms with E-state index in [0.717, 1.165) is 18.4 Å². The second-order valence-electron chi connectivity index (χ2n) is 5.42. The van der Waals surface area contributed by atoms with Gasteiger partial charge in [0.1, 0.15) is 0 Å². The lowest BCUT2D eigenvalue weighted by atomic mass is 10.1. The maximum Gasteiger partial charge on any atom is 0.294 e. The minimum absolute atomic E-state index is 0.0666. The Bertz CT molecular complexity index is 527. The number of aryl methyl sites for hydroxylation is 1. The fourth-order valence-electron chi connectivity index (χ4n) is 2.12. The minimum Gasteiger partial charge on any atom is -0.374 e. The van der Waals surface area contributed by atoms with Crippen LogP contribution in [0.25, 0.3) is 0 Å². The van der Waals surface area contributed by atoms with Crippen molar-refractivity contribution < 1.29 is 17.7 Å². The van der Waals surface area contributed by atoms with Crippen molar-refractivity contribution in [1.82, 2.24) is 0 Å². The zero-order valence-electron chi connectivity index (χ0n) is 12.8. The van der Waals surface area contributed by atoms with Gasteiger partial charge in [-0.2, -0.15) is 8.42 Å². The standard InChI is InChI=1S/C8H17NO.C7H8O3S/c1-3-7(9)8-5-4-6(2)10-8;1-6-2-4-7(5-3-6)11(8,9)10/h6-8H,3-5,9H2,1-2H3;2-5H,1H3,(H,8,9,10)/t6?,7-,8?;/m1./s1. The highest BCUT2D eigenvalue weighted by Crippen LogP contribution is 2.21. The summed E-state index contributed by atoms with van der Waals surface area (Å²) in [5, 5.41) is 0. The Balaban J connectivity index is 0.000000211. The molecule has 5 nitrogen and oxygen atoms in total. The van der Waals surface area contributed by atoms with Crippen LogP contribution in [0.3, 0.4) is 0 Å². The Morgan fingerprint density at radius 2 is 1.90 bits per heavy atom. The van der Waals surface area contributed by atoms with E-state index < -0.39 is 10.1 Å². The van der Waals surface area contributed by atoms with Crippen LogP contribution in [-0.4, -0.2) is 31.2 Å². The van der Waals surface area contributed by atoms with Crippen LogP contribution in [0.4, 0.5) is 0 Å². The first-order chi connectivity index (χ1) is 9.74. The summed E-state index contributed by atoms with van der Waals surface area (Å²) in [6, 6.07) is 6.24. The van der Waals surface area contributed by atoms with Crippen molar-refractivity contribution in [3.63, 3.8) is 0 Å². The topological polar surface area (TPSA) is 89.6 Å². The van der Waals surface area contributed by atoms with Gasteiger partial charge in [-0.3, -0.25) is 4.55 Å². The van der Waals surface area contributed by atoms with Gasteiger partial charge in [0.05, 0.1) is 17.1 Å². The number of rotatable bonds is 3. The van der Waals surface area contributed by atoms with Crippen LogP contribution in [0.1, 0.15) is 38.7 Å². The van der Waals surface area contributed by atoms with Crippen LogP contribution in [0.2, 0.25) is 0 Å². The highest BCUT2D eigenvalue weighted by Gasteiger charge is 2.25. The molecule has 1 aliphatic heterocycles. The summed E-state index contributed by atoms with van der Waals surface area (Å²) in [4.78, 5) is -0.0666. The third kappa shape index (κ3) is 6.13. The third-order valence-electron chi connectivity index (χ3n) is 3.53. The van der Waals surface area contributed by atoms with Crippen LogP contribution < -0.4 is 5.73 Å². The summed E-state index contributed by atoms with van der Waals surface area (Å²) >= 11 is 0. The summed E-state index contributed by atoms with van der Waals surface area (Å²) in [7, 11) is -4.02. The number of nitrogens with two attached hydrogens (primary N) is 1. The van der Waals surface area contributed by atoms with Crippen LogP contribution >= 0.6 is 0 Å². The molecule has 2 rings (SSSR count). The van der Waals surface area contributed by atoms with Gasteiger partial charge in [0.25, 0.3) is 10.1 Å². The average Bonchev–Trinajstić information content (AvgIpc) is 2.85. The van der Waals surface area contributed by atoms with E-state index in [1.54, 1.807) is 12.1 Å². The molecule has 1 fully saturated rings. The van der Waals surface area contributed by atoms with Crippen molar-refractivity contribution in [3.05, 3.63) is 29.8 Å². The Hall–Kier alpha value is -0.950. The second kappa shape index (κ2) is 7.89. The molecule has 0 bridgehead atoms. The molecule has 120 valence electrons. The molecule has 1 aromatic carbocycles. The van der Waals surface area contributed by atoms with Crippen molar-refractivity contribution >= 4 is 10.1 Å². The normalized spacial score (nSPS) is 23.3. The fourth-order valence-corrected chi connectivity index (χ4v) is 2.60. The number of hydrogen-bond donors (Lipinski definition) is 2. The molecule has 0 amide bonds. The summed E-state index contributed by atoms with van der Waals surface area (Å²) in [6.07, 6.45) is 4.12. The molecule has 1 saturated heterocycles. The first-order valence-corrected chi connectivity index (χ1v) is 8.63. The van der Waals surface area contributed by atoms with E-state index in [9.17, 15) is 8.42 Å². The van der Waals surface area contributed by atoms with E-state index in [-0.39, 0.29) is 10.9 Å². The molecule has 3 atom stereocenters. The van der Waals surface area contributed by atoms with E-state index in [0.29, 0.717) is 12.2 Å². The highest BCUT2D eigenvalue weighted by atomic mass is 32.2. The van der Waals surface area contributed by atoms with Gasteiger partial charge in [0.2, 0.25) is 0 Å². The van der Waals surface area contributed by atoms with E-state index in [4.69, 9.17) is 15.0 Å². The molecule has 2 unspecified atom stereocenters. The van der Waals surface area contributed by atoms with Crippen molar-refractivity contribution in [2.75, 3.05) is 0 Å². The van der Waals surface area contributed by atoms with Crippen molar-refractivity contribution in [1.29, 1.82) is 0 Å². The molecule has 0 aromatic heterocycles. The Labute approximate surface area is 127 Å². The zero-order chi connectivity index (χ0) is 16.0. The Kier molecular flexibility index (Phi) is 6.80. The third-order valence-corrected chi connectivity index (χ3v) is 4.40. The number of hydrogen-bond acceptors (Lipinski definition) is 4. The summed E-state index contributed by atoms with van der Waals surface area (Å²) in [5.41, 5.74) is 6.77. The molecule has 3 N–H and O–H groups in total.